The zero-order chi connectivity index (χ0) is 14.5. The first-order valence-electron chi connectivity index (χ1n) is 6.73. The van der Waals surface area contributed by atoms with E-state index in [4.69, 9.17) is 10.5 Å². The summed E-state index contributed by atoms with van der Waals surface area (Å²) >= 11 is 0. The molecule has 2 aromatic carbocycles. The Kier molecular flexibility index (Phi) is 4.77. The van der Waals surface area contributed by atoms with Crippen LogP contribution in [0.4, 0.5) is 0 Å². The molecule has 0 radical (unpaired) electrons. The Morgan fingerprint density at radius 2 is 1.75 bits per heavy atom. The van der Waals surface area contributed by atoms with Crippen LogP contribution < -0.4 is 10.5 Å². The number of ether oxygens (including phenoxy) is 1. The van der Waals surface area contributed by atoms with Gasteiger partial charge in [-0.2, -0.15) is 0 Å². The minimum Gasteiger partial charge on any atom is -0.497 e. The second kappa shape index (κ2) is 6.55. The van der Waals surface area contributed by atoms with Crippen LogP contribution in [0.2, 0.25) is 0 Å². The van der Waals surface area contributed by atoms with Gasteiger partial charge < -0.3 is 15.4 Å². The van der Waals surface area contributed by atoms with E-state index in [9.17, 15) is 0 Å². The van der Waals surface area contributed by atoms with Gasteiger partial charge in [-0.05, 0) is 42.9 Å². The van der Waals surface area contributed by atoms with Crippen LogP contribution in [0.3, 0.4) is 0 Å². The van der Waals surface area contributed by atoms with Gasteiger partial charge in [-0.25, -0.2) is 0 Å². The third kappa shape index (κ3) is 3.59. The maximum atomic E-state index is 6.33. The highest BCUT2D eigenvalue weighted by Crippen LogP contribution is 2.23. The Hall–Kier alpha value is -1.84. The summed E-state index contributed by atoms with van der Waals surface area (Å²) in [5.74, 6) is 0.835. The molecule has 0 aliphatic rings. The molecule has 3 nitrogen and oxygen atoms in total. The summed E-state index contributed by atoms with van der Waals surface area (Å²) in [6.07, 6.45) is 0. The summed E-state index contributed by atoms with van der Waals surface area (Å²) in [5, 5.41) is 0. The molecule has 0 aliphatic heterocycles. The molecular formula is C17H22N2O. The van der Waals surface area contributed by atoms with Crippen LogP contribution in [0.25, 0.3) is 0 Å². The van der Waals surface area contributed by atoms with Crippen molar-refractivity contribution in [2.24, 2.45) is 5.73 Å². The number of rotatable bonds is 5. The quantitative estimate of drug-likeness (QED) is 0.908. The van der Waals surface area contributed by atoms with E-state index >= 15 is 0 Å². The molecule has 0 saturated heterocycles. The molecule has 1 atom stereocenters. The average molecular weight is 270 g/mol. The molecule has 2 N–H and O–H groups in total. The number of methoxy groups -OCH3 is 1. The summed E-state index contributed by atoms with van der Waals surface area (Å²) in [7, 11) is 5.80. The van der Waals surface area contributed by atoms with E-state index in [0.29, 0.717) is 0 Å². The van der Waals surface area contributed by atoms with Crippen molar-refractivity contribution in [3.63, 3.8) is 0 Å². The van der Waals surface area contributed by atoms with Gasteiger partial charge in [-0.15, -0.1) is 0 Å². The normalized spacial score (nSPS) is 12.4. The second-order valence-corrected chi connectivity index (χ2v) is 5.23. The largest absolute Gasteiger partial charge is 0.497 e. The molecule has 0 amide bonds. The van der Waals surface area contributed by atoms with E-state index in [1.165, 1.54) is 5.56 Å². The van der Waals surface area contributed by atoms with Crippen molar-refractivity contribution in [1.82, 2.24) is 4.90 Å². The lowest BCUT2D eigenvalue weighted by molar-refractivity contribution is 0.402. The molecule has 0 bridgehead atoms. The summed E-state index contributed by atoms with van der Waals surface area (Å²) in [4.78, 5) is 2.15. The Balaban J connectivity index is 2.17. The van der Waals surface area contributed by atoms with Gasteiger partial charge in [-0.3, -0.25) is 0 Å². The SMILES string of the molecule is COc1cccc(C(N)c2ccc(CN(C)C)cc2)c1. The highest BCUT2D eigenvalue weighted by atomic mass is 16.5. The van der Waals surface area contributed by atoms with E-state index in [1.54, 1.807) is 7.11 Å². The monoisotopic (exact) mass is 270 g/mol. The predicted octanol–water partition coefficient (Wildman–Crippen LogP) is 2.80. The van der Waals surface area contributed by atoms with Gasteiger partial charge >= 0.3 is 0 Å². The van der Waals surface area contributed by atoms with Crippen molar-refractivity contribution in [3.05, 3.63) is 65.2 Å². The lowest BCUT2D eigenvalue weighted by atomic mass is 9.98. The lowest BCUT2D eigenvalue weighted by Crippen LogP contribution is -2.13. The maximum Gasteiger partial charge on any atom is 0.119 e. The molecule has 106 valence electrons. The zero-order valence-corrected chi connectivity index (χ0v) is 12.3. The van der Waals surface area contributed by atoms with Gasteiger partial charge in [0.1, 0.15) is 5.75 Å². The molecule has 2 rings (SSSR count). The van der Waals surface area contributed by atoms with Crippen LogP contribution in [0.15, 0.2) is 48.5 Å². The van der Waals surface area contributed by atoms with Crippen molar-refractivity contribution >= 4 is 0 Å². The Labute approximate surface area is 121 Å². The lowest BCUT2D eigenvalue weighted by Gasteiger charge is -2.15. The molecule has 0 aromatic heterocycles. The summed E-state index contributed by atoms with van der Waals surface area (Å²) in [6, 6.07) is 16.2. The third-order valence-electron chi connectivity index (χ3n) is 3.29. The van der Waals surface area contributed by atoms with Crippen LogP contribution in [0.1, 0.15) is 22.7 Å². The number of hydrogen-bond donors (Lipinski definition) is 1. The molecule has 1 unspecified atom stereocenters. The summed E-state index contributed by atoms with van der Waals surface area (Å²) in [6.45, 7) is 0.939. The van der Waals surface area contributed by atoms with Crippen molar-refractivity contribution in [3.8, 4) is 5.75 Å². The molecule has 0 heterocycles. The van der Waals surface area contributed by atoms with Gasteiger partial charge in [-0.1, -0.05) is 36.4 Å². The molecule has 0 spiro atoms. The van der Waals surface area contributed by atoms with Crippen LogP contribution in [0, 0.1) is 0 Å². The van der Waals surface area contributed by atoms with Crippen LogP contribution in [-0.2, 0) is 6.54 Å². The molecular weight excluding hydrogens is 248 g/mol. The predicted molar refractivity (Wildman–Crippen MR) is 82.9 cm³/mol. The molecule has 0 fully saturated rings. The minimum atomic E-state index is -0.126. The van der Waals surface area contributed by atoms with Crippen molar-refractivity contribution in [2.75, 3.05) is 21.2 Å². The molecule has 3 heteroatoms. The van der Waals surface area contributed by atoms with Crippen molar-refractivity contribution < 1.29 is 4.74 Å². The van der Waals surface area contributed by atoms with Crippen LogP contribution >= 0.6 is 0 Å². The van der Waals surface area contributed by atoms with Gasteiger partial charge in [0.05, 0.1) is 13.2 Å². The molecule has 0 saturated carbocycles. The smallest absolute Gasteiger partial charge is 0.119 e. The van der Waals surface area contributed by atoms with E-state index in [0.717, 1.165) is 23.4 Å². The summed E-state index contributed by atoms with van der Waals surface area (Å²) in [5.41, 5.74) is 9.79. The minimum absolute atomic E-state index is 0.126. The fourth-order valence-electron chi connectivity index (χ4n) is 2.22. The van der Waals surface area contributed by atoms with E-state index in [2.05, 4.69) is 43.3 Å². The van der Waals surface area contributed by atoms with Crippen LogP contribution in [-0.4, -0.2) is 26.1 Å². The highest BCUT2D eigenvalue weighted by molar-refractivity contribution is 5.37. The van der Waals surface area contributed by atoms with Gasteiger partial charge in [0.15, 0.2) is 0 Å². The molecule has 2 aromatic rings. The summed E-state index contributed by atoms with van der Waals surface area (Å²) < 4.78 is 5.24. The first kappa shape index (κ1) is 14.6. The van der Waals surface area contributed by atoms with Gasteiger partial charge in [0, 0.05) is 6.54 Å². The fourth-order valence-corrected chi connectivity index (χ4v) is 2.22. The van der Waals surface area contributed by atoms with Crippen molar-refractivity contribution in [2.45, 2.75) is 12.6 Å². The average Bonchev–Trinajstić information content (AvgIpc) is 2.47. The number of benzene rings is 2. The Bertz CT molecular complexity index is 549. The molecule has 0 aliphatic carbocycles. The fraction of sp³-hybridized carbons (Fsp3) is 0.294. The number of nitrogens with zero attached hydrogens (tertiary/aromatic N) is 1. The topological polar surface area (TPSA) is 38.5 Å². The van der Waals surface area contributed by atoms with Crippen LogP contribution in [0.5, 0.6) is 5.75 Å². The standard InChI is InChI=1S/C17H22N2O/c1-19(2)12-13-7-9-14(10-8-13)17(18)15-5-4-6-16(11-15)20-3/h4-11,17H,12,18H2,1-3H3. The van der Waals surface area contributed by atoms with Gasteiger partial charge in [0.2, 0.25) is 0 Å². The Morgan fingerprint density at radius 3 is 2.35 bits per heavy atom. The van der Waals surface area contributed by atoms with Crippen molar-refractivity contribution in [1.29, 1.82) is 0 Å². The van der Waals surface area contributed by atoms with E-state index in [-0.39, 0.29) is 6.04 Å². The molecule has 20 heavy (non-hydrogen) atoms. The zero-order valence-electron chi connectivity index (χ0n) is 12.3. The first-order chi connectivity index (χ1) is 9.60. The highest BCUT2D eigenvalue weighted by Gasteiger charge is 2.09. The third-order valence-corrected chi connectivity index (χ3v) is 3.29. The number of nitrogens with two attached hydrogens (primary N) is 1. The Morgan fingerprint density at radius 1 is 1.05 bits per heavy atom. The second-order valence-electron chi connectivity index (χ2n) is 5.23. The number of hydrogen-bond acceptors (Lipinski definition) is 3. The van der Waals surface area contributed by atoms with E-state index < -0.39 is 0 Å². The maximum absolute atomic E-state index is 6.33. The first-order valence-corrected chi connectivity index (χ1v) is 6.73. The van der Waals surface area contributed by atoms with E-state index in [1.807, 2.05) is 24.3 Å². The van der Waals surface area contributed by atoms with Gasteiger partial charge in [0.25, 0.3) is 0 Å².